The fourth-order valence-corrected chi connectivity index (χ4v) is 1.95. The fourth-order valence-electron chi connectivity index (χ4n) is 1.95. The molecule has 0 radical (unpaired) electrons. The molecule has 0 N–H and O–H groups in total. The number of fused-ring (bicyclic) bond motifs is 1. The standard InChI is InChI=1S/C13H14/c1-3-6-12-10(2)9-11-7-4-5-8-13(11)12/h3-8H,9H2,1-2H3. The van der Waals surface area contributed by atoms with Gasteiger partial charge in [-0.2, -0.15) is 0 Å². The minimum absolute atomic E-state index is 1.12. The molecule has 0 nitrogen and oxygen atoms in total. The van der Waals surface area contributed by atoms with Crippen LogP contribution in [0.3, 0.4) is 0 Å². The third-order valence-corrected chi connectivity index (χ3v) is 2.56. The van der Waals surface area contributed by atoms with Gasteiger partial charge in [0.2, 0.25) is 0 Å². The van der Waals surface area contributed by atoms with Gasteiger partial charge in [0, 0.05) is 0 Å². The Morgan fingerprint density at radius 3 is 2.77 bits per heavy atom. The molecule has 0 atom stereocenters. The first-order valence-electron chi connectivity index (χ1n) is 4.73. The van der Waals surface area contributed by atoms with Gasteiger partial charge in [0.1, 0.15) is 0 Å². The van der Waals surface area contributed by atoms with Crippen LogP contribution in [0, 0.1) is 0 Å². The van der Waals surface area contributed by atoms with Crippen LogP contribution < -0.4 is 0 Å². The van der Waals surface area contributed by atoms with Crippen molar-refractivity contribution in [2.75, 3.05) is 0 Å². The lowest BCUT2D eigenvalue weighted by Crippen LogP contribution is -1.80. The van der Waals surface area contributed by atoms with Crippen molar-refractivity contribution < 1.29 is 0 Å². The van der Waals surface area contributed by atoms with Gasteiger partial charge in [-0.3, -0.25) is 0 Å². The molecule has 0 heterocycles. The predicted octanol–water partition coefficient (Wildman–Crippen LogP) is 3.59. The first-order chi connectivity index (χ1) is 6.33. The van der Waals surface area contributed by atoms with Crippen LogP contribution >= 0.6 is 0 Å². The van der Waals surface area contributed by atoms with Gasteiger partial charge in [0.15, 0.2) is 0 Å². The summed E-state index contributed by atoms with van der Waals surface area (Å²) < 4.78 is 0. The van der Waals surface area contributed by atoms with E-state index >= 15 is 0 Å². The van der Waals surface area contributed by atoms with Gasteiger partial charge in [-0.15, -0.1) is 0 Å². The molecule has 0 bridgehead atoms. The van der Waals surface area contributed by atoms with Crippen LogP contribution in [0.1, 0.15) is 25.0 Å². The van der Waals surface area contributed by atoms with Gasteiger partial charge >= 0.3 is 0 Å². The van der Waals surface area contributed by atoms with E-state index in [4.69, 9.17) is 0 Å². The maximum Gasteiger partial charge on any atom is -0.00545 e. The molecule has 0 aromatic heterocycles. The molecular weight excluding hydrogens is 156 g/mol. The summed E-state index contributed by atoms with van der Waals surface area (Å²) in [6.07, 6.45) is 5.44. The van der Waals surface area contributed by atoms with Crippen molar-refractivity contribution in [3.8, 4) is 0 Å². The van der Waals surface area contributed by atoms with E-state index in [2.05, 4.69) is 50.3 Å². The smallest absolute Gasteiger partial charge is 0.00545 e. The average Bonchev–Trinajstić information content (AvgIpc) is 2.44. The highest BCUT2D eigenvalue weighted by atomic mass is 14.2. The molecule has 1 aliphatic rings. The van der Waals surface area contributed by atoms with Crippen LogP contribution in [0.15, 0.2) is 42.0 Å². The topological polar surface area (TPSA) is 0 Å². The summed E-state index contributed by atoms with van der Waals surface area (Å²) >= 11 is 0. The van der Waals surface area contributed by atoms with Gasteiger partial charge in [-0.1, -0.05) is 42.0 Å². The molecule has 1 aromatic carbocycles. The zero-order valence-corrected chi connectivity index (χ0v) is 8.17. The van der Waals surface area contributed by atoms with Crippen molar-refractivity contribution >= 4 is 5.57 Å². The third kappa shape index (κ3) is 1.33. The lowest BCUT2D eigenvalue weighted by molar-refractivity contribution is 1.19. The summed E-state index contributed by atoms with van der Waals surface area (Å²) in [5.41, 5.74) is 5.78. The summed E-state index contributed by atoms with van der Waals surface area (Å²) in [5.74, 6) is 0. The van der Waals surface area contributed by atoms with Crippen LogP contribution in [0.4, 0.5) is 0 Å². The monoisotopic (exact) mass is 170 g/mol. The van der Waals surface area contributed by atoms with E-state index in [0.717, 1.165) is 6.42 Å². The zero-order chi connectivity index (χ0) is 9.26. The maximum absolute atomic E-state index is 2.22. The Labute approximate surface area is 79.6 Å². The van der Waals surface area contributed by atoms with Crippen molar-refractivity contribution in [3.63, 3.8) is 0 Å². The number of allylic oxidation sites excluding steroid dienone is 4. The van der Waals surface area contributed by atoms with Gasteiger partial charge in [-0.05, 0) is 37.0 Å². The Morgan fingerprint density at radius 2 is 2.00 bits per heavy atom. The molecule has 1 aliphatic carbocycles. The molecule has 0 unspecified atom stereocenters. The zero-order valence-electron chi connectivity index (χ0n) is 8.17. The molecule has 0 aliphatic heterocycles. The van der Waals surface area contributed by atoms with E-state index in [1.807, 2.05) is 0 Å². The minimum atomic E-state index is 1.12. The summed E-state index contributed by atoms with van der Waals surface area (Å²) in [6.45, 7) is 4.29. The molecule has 0 spiro atoms. The van der Waals surface area contributed by atoms with Crippen LogP contribution in [-0.2, 0) is 6.42 Å². The van der Waals surface area contributed by atoms with E-state index < -0.39 is 0 Å². The van der Waals surface area contributed by atoms with Crippen molar-refractivity contribution in [3.05, 3.63) is 53.1 Å². The molecule has 0 amide bonds. The Kier molecular flexibility index (Phi) is 2.05. The molecule has 0 saturated carbocycles. The largest absolute Gasteiger partial charge is 0.0870 e. The van der Waals surface area contributed by atoms with Gasteiger partial charge in [0.25, 0.3) is 0 Å². The number of rotatable bonds is 1. The predicted molar refractivity (Wildman–Crippen MR) is 57.6 cm³/mol. The van der Waals surface area contributed by atoms with Gasteiger partial charge < -0.3 is 0 Å². The Balaban J connectivity index is 2.53. The maximum atomic E-state index is 2.22. The van der Waals surface area contributed by atoms with Crippen molar-refractivity contribution in [2.45, 2.75) is 20.3 Å². The SMILES string of the molecule is CC=CC1=C(C)Cc2ccccc21. The van der Waals surface area contributed by atoms with Crippen LogP contribution in [0.5, 0.6) is 0 Å². The van der Waals surface area contributed by atoms with Crippen molar-refractivity contribution in [2.24, 2.45) is 0 Å². The van der Waals surface area contributed by atoms with Gasteiger partial charge in [-0.25, -0.2) is 0 Å². The second-order valence-electron chi connectivity index (χ2n) is 3.53. The number of hydrogen-bond donors (Lipinski definition) is 0. The summed E-state index contributed by atoms with van der Waals surface area (Å²) in [4.78, 5) is 0. The lowest BCUT2D eigenvalue weighted by Gasteiger charge is -1.99. The first kappa shape index (κ1) is 8.31. The lowest BCUT2D eigenvalue weighted by atomic mass is 10.1. The summed E-state index contributed by atoms with van der Waals surface area (Å²) in [5, 5.41) is 0. The molecule has 13 heavy (non-hydrogen) atoms. The van der Waals surface area contributed by atoms with E-state index in [0.29, 0.717) is 0 Å². The quantitative estimate of drug-likeness (QED) is 0.604. The summed E-state index contributed by atoms with van der Waals surface area (Å²) in [6, 6.07) is 8.65. The molecule has 66 valence electrons. The van der Waals surface area contributed by atoms with Crippen LogP contribution in [-0.4, -0.2) is 0 Å². The number of benzene rings is 1. The van der Waals surface area contributed by atoms with E-state index in [-0.39, 0.29) is 0 Å². The molecule has 0 saturated heterocycles. The highest BCUT2D eigenvalue weighted by Gasteiger charge is 2.14. The molecule has 0 fully saturated rings. The highest BCUT2D eigenvalue weighted by molar-refractivity contribution is 5.82. The Bertz CT molecular complexity index is 381. The first-order valence-corrected chi connectivity index (χ1v) is 4.73. The normalized spacial score (nSPS) is 15.5. The van der Waals surface area contributed by atoms with E-state index in [1.165, 1.54) is 22.3 Å². The molecule has 0 heteroatoms. The fraction of sp³-hybridized carbons (Fsp3) is 0.231. The second-order valence-corrected chi connectivity index (χ2v) is 3.53. The Hall–Kier alpha value is -1.30. The second kappa shape index (κ2) is 3.21. The molecular formula is C13H14. The highest BCUT2D eigenvalue weighted by Crippen LogP contribution is 2.32. The van der Waals surface area contributed by atoms with Crippen molar-refractivity contribution in [1.82, 2.24) is 0 Å². The third-order valence-electron chi connectivity index (χ3n) is 2.56. The average molecular weight is 170 g/mol. The minimum Gasteiger partial charge on any atom is -0.0870 e. The van der Waals surface area contributed by atoms with E-state index in [9.17, 15) is 0 Å². The Morgan fingerprint density at radius 1 is 1.23 bits per heavy atom. The molecule has 1 aromatic rings. The number of hydrogen-bond acceptors (Lipinski definition) is 0. The van der Waals surface area contributed by atoms with Gasteiger partial charge in [0.05, 0.1) is 0 Å². The van der Waals surface area contributed by atoms with Crippen LogP contribution in [0.25, 0.3) is 5.57 Å². The van der Waals surface area contributed by atoms with Crippen molar-refractivity contribution in [1.29, 1.82) is 0 Å². The van der Waals surface area contributed by atoms with Crippen LogP contribution in [0.2, 0.25) is 0 Å². The van der Waals surface area contributed by atoms with E-state index in [1.54, 1.807) is 0 Å². The summed E-state index contributed by atoms with van der Waals surface area (Å²) in [7, 11) is 0. The molecule has 2 rings (SSSR count).